The second kappa shape index (κ2) is 4.82. The zero-order valence-corrected chi connectivity index (χ0v) is 11.4. The minimum Gasteiger partial charge on any atom is -0.479 e. The number of carbonyl (C=O) groups excluding carboxylic acids is 1. The van der Waals surface area contributed by atoms with Crippen molar-refractivity contribution in [2.75, 3.05) is 11.5 Å². The van der Waals surface area contributed by atoms with E-state index in [9.17, 15) is 14.7 Å². The number of carbonyl (C=O) groups is 2. The van der Waals surface area contributed by atoms with Crippen LogP contribution in [0.4, 0.5) is 0 Å². The van der Waals surface area contributed by atoms with Crippen LogP contribution in [0.2, 0.25) is 0 Å². The predicted octanol–water partition coefficient (Wildman–Crippen LogP) is 1.25. The molecule has 104 valence electrons. The summed E-state index contributed by atoms with van der Waals surface area (Å²) in [5.41, 5.74) is -0.192. The number of aliphatic carboxylic acids is 1. The first-order valence-electron chi connectivity index (χ1n) is 6.19. The smallest absolute Gasteiger partial charge is 0.330 e. The first kappa shape index (κ1) is 13.0. The van der Waals surface area contributed by atoms with Gasteiger partial charge in [-0.25, -0.2) is 4.79 Å². The van der Waals surface area contributed by atoms with Crippen LogP contribution >= 0.6 is 11.8 Å². The molecule has 1 atom stereocenters. The molecule has 1 saturated heterocycles. The fourth-order valence-electron chi connectivity index (χ4n) is 2.30. The summed E-state index contributed by atoms with van der Waals surface area (Å²) in [6.07, 6.45) is 0.432. The molecule has 1 aliphatic heterocycles. The molecule has 0 bridgehead atoms. The fraction of sp³-hybridized carbons (Fsp3) is 0.308. The Morgan fingerprint density at radius 2 is 2.20 bits per heavy atom. The van der Waals surface area contributed by atoms with E-state index < -0.39 is 17.4 Å². The highest BCUT2D eigenvalue weighted by Crippen LogP contribution is 2.29. The lowest BCUT2D eigenvalue weighted by molar-refractivity contribution is -0.143. The molecule has 1 aliphatic rings. The first-order valence-corrected chi connectivity index (χ1v) is 7.35. The zero-order chi connectivity index (χ0) is 14.2. The van der Waals surface area contributed by atoms with Gasteiger partial charge in [0.25, 0.3) is 5.91 Å². The number of benzene rings is 1. The highest BCUT2D eigenvalue weighted by atomic mass is 32.2. The predicted molar refractivity (Wildman–Crippen MR) is 75.9 cm³/mol. The summed E-state index contributed by atoms with van der Waals surface area (Å²) in [6.45, 7) is 0. The van der Waals surface area contributed by atoms with Gasteiger partial charge < -0.3 is 10.4 Å². The van der Waals surface area contributed by atoms with Crippen molar-refractivity contribution < 1.29 is 14.7 Å². The maximum Gasteiger partial charge on any atom is 0.330 e. The molecule has 3 N–H and O–H groups in total. The van der Waals surface area contributed by atoms with Crippen molar-refractivity contribution in [3.63, 3.8) is 0 Å². The number of rotatable bonds is 3. The van der Waals surface area contributed by atoms with Crippen molar-refractivity contribution in [1.82, 2.24) is 15.5 Å². The van der Waals surface area contributed by atoms with E-state index in [1.54, 1.807) is 6.07 Å². The largest absolute Gasteiger partial charge is 0.479 e. The van der Waals surface area contributed by atoms with Crippen LogP contribution in [0.1, 0.15) is 16.9 Å². The third-order valence-electron chi connectivity index (χ3n) is 3.47. The highest BCUT2D eigenvalue weighted by Gasteiger charge is 2.43. The Kier molecular flexibility index (Phi) is 3.13. The van der Waals surface area contributed by atoms with E-state index in [0.29, 0.717) is 17.6 Å². The molecular formula is C13H13N3O3S. The molecular weight excluding hydrogens is 278 g/mol. The Morgan fingerprint density at radius 1 is 1.40 bits per heavy atom. The number of amides is 1. The molecule has 0 aliphatic carbocycles. The third kappa shape index (κ3) is 2.03. The summed E-state index contributed by atoms with van der Waals surface area (Å²) in [5, 5.41) is 19.5. The van der Waals surface area contributed by atoms with Crippen molar-refractivity contribution >= 4 is 34.5 Å². The Bertz CT molecular complexity index is 676. The topological polar surface area (TPSA) is 95.1 Å². The minimum absolute atomic E-state index is 0.234. The Balaban J connectivity index is 1.91. The molecule has 1 amide bonds. The Hall–Kier alpha value is -2.02. The van der Waals surface area contributed by atoms with Crippen molar-refractivity contribution in [3.8, 4) is 0 Å². The summed E-state index contributed by atoms with van der Waals surface area (Å²) in [7, 11) is 0. The van der Waals surface area contributed by atoms with Crippen LogP contribution in [0.3, 0.4) is 0 Å². The lowest BCUT2D eigenvalue weighted by Gasteiger charge is -2.24. The van der Waals surface area contributed by atoms with E-state index in [2.05, 4.69) is 15.5 Å². The monoisotopic (exact) mass is 291 g/mol. The second-order valence-electron chi connectivity index (χ2n) is 4.76. The number of nitrogens with one attached hydrogen (secondary N) is 2. The molecule has 2 heterocycles. The van der Waals surface area contributed by atoms with Crippen LogP contribution in [0.25, 0.3) is 10.9 Å². The van der Waals surface area contributed by atoms with Crippen molar-refractivity contribution in [2.45, 2.75) is 12.0 Å². The van der Waals surface area contributed by atoms with E-state index in [1.165, 1.54) is 11.8 Å². The van der Waals surface area contributed by atoms with Crippen LogP contribution in [-0.4, -0.2) is 44.2 Å². The van der Waals surface area contributed by atoms with E-state index in [1.807, 2.05) is 18.2 Å². The molecule has 0 radical (unpaired) electrons. The summed E-state index contributed by atoms with van der Waals surface area (Å²) in [4.78, 5) is 23.8. The van der Waals surface area contributed by atoms with Crippen LogP contribution in [0.5, 0.6) is 0 Å². The molecule has 2 aromatic rings. The van der Waals surface area contributed by atoms with E-state index in [-0.39, 0.29) is 5.69 Å². The summed E-state index contributed by atoms with van der Waals surface area (Å²) < 4.78 is 0. The number of hydrogen-bond donors (Lipinski definition) is 3. The molecule has 20 heavy (non-hydrogen) atoms. The van der Waals surface area contributed by atoms with E-state index in [4.69, 9.17) is 0 Å². The van der Waals surface area contributed by atoms with Gasteiger partial charge in [-0.2, -0.15) is 16.9 Å². The van der Waals surface area contributed by atoms with Crippen LogP contribution in [0.15, 0.2) is 24.3 Å². The van der Waals surface area contributed by atoms with Crippen molar-refractivity contribution in [3.05, 3.63) is 30.0 Å². The van der Waals surface area contributed by atoms with Gasteiger partial charge in [-0.05, 0) is 18.2 Å². The number of H-pyrrole nitrogens is 1. The Labute approximate surface area is 118 Å². The maximum atomic E-state index is 12.3. The molecule has 0 saturated carbocycles. The molecule has 3 rings (SSSR count). The zero-order valence-electron chi connectivity index (χ0n) is 10.5. The number of para-hydroxylation sites is 1. The molecule has 7 heteroatoms. The lowest BCUT2D eigenvalue weighted by Crippen LogP contribution is -2.54. The van der Waals surface area contributed by atoms with Crippen molar-refractivity contribution in [1.29, 1.82) is 0 Å². The molecule has 6 nitrogen and oxygen atoms in total. The molecule has 1 fully saturated rings. The van der Waals surface area contributed by atoms with Gasteiger partial charge >= 0.3 is 5.97 Å². The second-order valence-corrected chi connectivity index (χ2v) is 5.87. The van der Waals surface area contributed by atoms with E-state index >= 15 is 0 Å². The summed E-state index contributed by atoms with van der Waals surface area (Å²) in [5.74, 6) is -0.326. The summed E-state index contributed by atoms with van der Waals surface area (Å²) >= 11 is 1.53. The number of hydrogen-bond acceptors (Lipinski definition) is 4. The molecule has 1 unspecified atom stereocenters. The number of fused-ring (bicyclic) bond motifs is 1. The molecule has 1 aromatic heterocycles. The van der Waals surface area contributed by atoms with Gasteiger partial charge in [0.15, 0.2) is 5.69 Å². The van der Waals surface area contributed by atoms with Gasteiger partial charge in [0.05, 0.1) is 5.52 Å². The van der Waals surface area contributed by atoms with Gasteiger partial charge in [-0.15, -0.1) is 0 Å². The average molecular weight is 291 g/mol. The number of carboxylic acid groups (broad SMARTS) is 1. The van der Waals surface area contributed by atoms with Gasteiger partial charge in [0.1, 0.15) is 5.54 Å². The fourth-order valence-corrected chi connectivity index (χ4v) is 3.62. The number of carboxylic acids is 1. The standard InChI is InChI=1S/C13H13N3O3S/c17-11(14-13(12(18)19)5-6-20-7-13)10-8-3-1-2-4-9(8)15-16-10/h1-4H,5-7H2,(H,14,17)(H,15,16)(H,18,19). The Morgan fingerprint density at radius 3 is 2.90 bits per heavy atom. The van der Waals surface area contributed by atoms with Gasteiger partial charge in [0.2, 0.25) is 0 Å². The number of nitrogens with zero attached hydrogens (tertiary/aromatic N) is 1. The van der Waals surface area contributed by atoms with Gasteiger partial charge in [-0.3, -0.25) is 9.89 Å². The maximum absolute atomic E-state index is 12.3. The normalized spacial score (nSPS) is 22.0. The van der Waals surface area contributed by atoms with Gasteiger partial charge in [-0.1, -0.05) is 18.2 Å². The SMILES string of the molecule is O=C(NC1(C(=O)O)CCSC1)c1n[nH]c2ccccc12. The van der Waals surface area contributed by atoms with Crippen molar-refractivity contribution in [2.24, 2.45) is 0 Å². The van der Waals surface area contributed by atoms with E-state index in [0.717, 1.165) is 11.3 Å². The number of thioether (sulfide) groups is 1. The summed E-state index contributed by atoms with van der Waals surface area (Å²) in [6, 6.07) is 7.25. The lowest BCUT2D eigenvalue weighted by atomic mass is 9.99. The number of aromatic nitrogens is 2. The van der Waals surface area contributed by atoms with Crippen LogP contribution in [-0.2, 0) is 4.79 Å². The number of aromatic amines is 1. The molecule has 1 aromatic carbocycles. The molecule has 0 spiro atoms. The first-order chi connectivity index (χ1) is 9.62. The van der Waals surface area contributed by atoms with Gasteiger partial charge in [0, 0.05) is 11.1 Å². The minimum atomic E-state index is -1.18. The highest BCUT2D eigenvalue weighted by molar-refractivity contribution is 7.99. The quantitative estimate of drug-likeness (QED) is 0.791. The average Bonchev–Trinajstić information content (AvgIpc) is 3.05. The third-order valence-corrected chi connectivity index (χ3v) is 4.66. The van der Waals surface area contributed by atoms with Crippen LogP contribution < -0.4 is 5.32 Å². The van der Waals surface area contributed by atoms with Crippen LogP contribution in [0, 0.1) is 0 Å².